The number of carbonyl (C=O) groups is 1. The van der Waals surface area contributed by atoms with Gasteiger partial charge in [0.2, 0.25) is 5.91 Å². The molecule has 3 aliphatic rings. The molecule has 2 saturated carbocycles. The van der Waals surface area contributed by atoms with Crippen LogP contribution in [-0.2, 0) is 11.0 Å². The number of carbonyl (C=O) groups excluding carboxylic acids is 1. The third kappa shape index (κ3) is 5.42. The number of rotatable bonds is 4. The normalized spacial score (nSPS) is 26.9. The zero-order chi connectivity index (χ0) is 26.3. The number of nitrogens with one attached hydrogen (secondary N) is 1. The molecule has 1 amide bonds. The van der Waals surface area contributed by atoms with Gasteiger partial charge >= 0.3 is 6.18 Å². The number of aliphatic imine (C=N–C) groups is 1. The highest BCUT2D eigenvalue weighted by atomic mass is 35.5. The second-order valence-electron chi connectivity index (χ2n) is 10.6. The van der Waals surface area contributed by atoms with Crippen molar-refractivity contribution in [1.82, 2.24) is 15.1 Å². The van der Waals surface area contributed by atoms with Crippen molar-refractivity contribution in [3.8, 4) is 0 Å². The molecule has 4 atom stereocenters. The highest BCUT2D eigenvalue weighted by Gasteiger charge is 2.43. The largest absolute Gasteiger partial charge is 0.435 e. The summed E-state index contributed by atoms with van der Waals surface area (Å²) in [5.74, 6) is 0.0276. The number of halogens is 5. The standard InChI is InChI=1S/C27H31Cl2F3N4O/c1-15-24(26(37)34-21-10-6-5-9-18(21)16-7-3-2-4-8-16)25(17-11-12-19(28)20(29)13-17)36-23(33-15)14-22(35-36)27(30,31)32/h11-14,16,18,21,24-25H,2-10H2,1H3,(H,34,37). The van der Waals surface area contributed by atoms with Gasteiger partial charge in [0, 0.05) is 17.8 Å². The van der Waals surface area contributed by atoms with Crippen molar-refractivity contribution in [2.45, 2.75) is 83.0 Å². The van der Waals surface area contributed by atoms with E-state index in [9.17, 15) is 18.0 Å². The second-order valence-corrected chi connectivity index (χ2v) is 11.5. The molecular weight excluding hydrogens is 524 g/mol. The van der Waals surface area contributed by atoms with Crippen molar-refractivity contribution in [3.05, 3.63) is 45.6 Å². The Morgan fingerprint density at radius 1 is 1.00 bits per heavy atom. The Bertz CT molecular complexity index is 1190. The van der Waals surface area contributed by atoms with Crippen LogP contribution in [0.5, 0.6) is 0 Å². The van der Waals surface area contributed by atoms with Crippen molar-refractivity contribution in [2.24, 2.45) is 22.7 Å². The molecule has 5 nitrogen and oxygen atoms in total. The average Bonchev–Trinajstić information content (AvgIpc) is 3.30. The molecule has 5 rings (SSSR count). The van der Waals surface area contributed by atoms with Gasteiger partial charge in [0.1, 0.15) is 5.92 Å². The molecule has 200 valence electrons. The van der Waals surface area contributed by atoms with Crippen LogP contribution < -0.4 is 5.32 Å². The van der Waals surface area contributed by atoms with Crippen LogP contribution in [0, 0.1) is 17.8 Å². The lowest BCUT2D eigenvalue weighted by molar-refractivity contribution is -0.141. The molecule has 1 aromatic carbocycles. The van der Waals surface area contributed by atoms with Gasteiger partial charge in [-0.3, -0.25) is 4.79 Å². The van der Waals surface area contributed by atoms with Gasteiger partial charge in [-0.15, -0.1) is 0 Å². The van der Waals surface area contributed by atoms with Crippen molar-refractivity contribution in [3.63, 3.8) is 0 Å². The van der Waals surface area contributed by atoms with Gasteiger partial charge in [-0.1, -0.05) is 74.2 Å². The summed E-state index contributed by atoms with van der Waals surface area (Å²) in [4.78, 5) is 18.3. The Hall–Kier alpha value is -2.06. The molecule has 0 bridgehead atoms. The number of fused-ring (bicyclic) bond motifs is 1. The number of nitrogens with zero attached hydrogens (tertiary/aromatic N) is 3. The van der Waals surface area contributed by atoms with E-state index in [1.165, 1.54) is 43.2 Å². The summed E-state index contributed by atoms with van der Waals surface area (Å²) >= 11 is 12.4. The molecule has 0 radical (unpaired) electrons. The molecule has 1 aliphatic heterocycles. The van der Waals surface area contributed by atoms with Crippen LogP contribution >= 0.6 is 23.2 Å². The van der Waals surface area contributed by atoms with Crippen molar-refractivity contribution in [2.75, 3.05) is 0 Å². The van der Waals surface area contributed by atoms with Gasteiger partial charge in [-0.05, 0) is 49.3 Å². The lowest BCUT2D eigenvalue weighted by atomic mass is 9.70. The Kier molecular flexibility index (Phi) is 7.60. The van der Waals surface area contributed by atoms with E-state index in [-0.39, 0.29) is 22.8 Å². The predicted octanol–water partition coefficient (Wildman–Crippen LogP) is 7.78. The molecule has 1 aromatic heterocycles. The van der Waals surface area contributed by atoms with Crippen LogP contribution in [0.25, 0.3) is 0 Å². The van der Waals surface area contributed by atoms with E-state index < -0.39 is 23.8 Å². The fourth-order valence-corrected chi connectivity index (χ4v) is 6.84. The second kappa shape index (κ2) is 10.6. The first-order valence-electron chi connectivity index (χ1n) is 13.1. The van der Waals surface area contributed by atoms with Crippen molar-refractivity contribution >= 4 is 40.6 Å². The third-order valence-electron chi connectivity index (χ3n) is 8.30. The maximum atomic E-state index is 13.9. The topological polar surface area (TPSA) is 59.3 Å². The predicted molar refractivity (Wildman–Crippen MR) is 139 cm³/mol. The fourth-order valence-electron chi connectivity index (χ4n) is 6.53. The van der Waals surface area contributed by atoms with Crippen LogP contribution in [-0.4, -0.2) is 27.4 Å². The summed E-state index contributed by atoms with van der Waals surface area (Å²) in [6.07, 6.45) is 5.74. The van der Waals surface area contributed by atoms with E-state index in [0.717, 1.165) is 25.3 Å². The molecule has 2 aliphatic carbocycles. The summed E-state index contributed by atoms with van der Waals surface area (Å²) in [5, 5.41) is 7.76. The maximum Gasteiger partial charge on any atom is 0.435 e. The molecule has 1 N–H and O–H groups in total. The smallest absolute Gasteiger partial charge is 0.352 e. The fraction of sp³-hybridized carbons (Fsp3) is 0.593. The van der Waals surface area contributed by atoms with E-state index in [4.69, 9.17) is 23.2 Å². The molecule has 37 heavy (non-hydrogen) atoms. The molecule has 4 unspecified atom stereocenters. The lowest BCUT2D eigenvalue weighted by Crippen LogP contribution is -2.50. The summed E-state index contributed by atoms with van der Waals surface area (Å²) in [6, 6.07) is 5.00. The van der Waals surface area contributed by atoms with Gasteiger partial charge in [-0.2, -0.15) is 18.3 Å². The molecule has 2 fully saturated rings. The third-order valence-corrected chi connectivity index (χ3v) is 9.04. The first-order chi connectivity index (χ1) is 17.6. The number of alkyl halides is 3. The number of amides is 1. The minimum Gasteiger partial charge on any atom is -0.352 e. The molecular formula is C27H31Cl2F3N4O. The van der Waals surface area contributed by atoms with E-state index in [2.05, 4.69) is 15.4 Å². The quantitative estimate of drug-likeness (QED) is 0.419. The summed E-state index contributed by atoms with van der Waals surface area (Å²) in [7, 11) is 0. The molecule has 0 spiro atoms. The number of benzene rings is 1. The van der Waals surface area contributed by atoms with Crippen LogP contribution in [0.1, 0.15) is 82.0 Å². The van der Waals surface area contributed by atoms with Gasteiger partial charge in [0.15, 0.2) is 11.5 Å². The van der Waals surface area contributed by atoms with Crippen LogP contribution in [0.4, 0.5) is 19.0 Å². The zero-order valence-corrected chi connectivity index (χ0v) is 22.2. The minimum atomic E-state index is -4.64. The van der Waals surface area contributed by atoms with Gasteiger partial charge in [0.05, 0.1) is 16.1 Å². The lowest BCUT2D eigenvalue weighted by Gasteiger charge is -2.40. The molecule has 10 heteroatoms. The van der Waals surface area contributed by atoms with Crippen molar-refractivity contribution in [1.29, 1.82) is 0 Å². The maximum absolute atomic E-state index is 13.9. The monoisotopic (exact) mass is 554 g/mol. The van der Waals surface area contributed by atoms with E-state index >= 15 is 0 Å². The van der Waals surface area contributed by atoms with Gasteiger partial charge < -0.3 is 5.32 Å². The summed E-state index contributed by atoms with van der Waals surface area (Å²) in [5.41, 5.74) is -0.0520. The molecule has 2 aromatic rings. The Balaban J connectivity index is 1.49. The number of hydrogen-bond donors (Lipinski definition) is 1. The van der Waals surface area contributed by atoms with Gasteiger partial charge in [0.25, 0.3) is 0 Å². The van der Waals surface area contributed by atoms with Gasteiger partial charge in [-0.25, -0.2) is 9.67 Å². The molecule has 2 heterocycles. The first-order valence-corrected chi connectivity index (χ1v) is 13.9. The number of aromatic nitrogens is 2. The Morgan fingerprint density at radius 2 is 1.70 bits per heavy atom. The first kappa shape index (κ1) is 26.5. The van der Waals surface area contributed by atoms with Crippen molar-refractivity contribution < 1.29 is 18.0 Å². The summed E-state index contributed by atoms with van der Waals surface area (Å²) < 4.78 is 41.9. The zero-order valence-electron chi connectivity index (χ0n) is 20.7. The molecule has 0 saturated heterocycles. The highest BCUT2D eigenvalue weighted by Crippen LogP contribution is 2.42. The SMILES string of the molecule is CC1=Nc2cc(C(F)(F)F)nn2C(c2ccc(Cl)c(Cl)c2)C1C(=O)NC1CCCCC1C1CCCCC1. The van der Waals surface area contributed by atoms with Crippen LogP contribution in [0.15, 0.2) is 29.3 Å². The van der Waals surface area contributed by atoms with Crippen LogP contribution in [0.2, 0.25) is 10.0 Å². The Morgan fingerprint density at radius 3 is 2.41 bits per heavy atom. The minimum absolute atomic E-state index is 0.0522. The van der Waals surface area contributed by atoms with E-state index in [1.807, 2.05) is 0 Å². The number of hydrogen-bond acceptors (Lipinski definition) is 3. The van der Waals surface area contributed by atoms with E-state index in [0.29, 0.717) is 28.1 Å². The Labute approximate surface area is 224 Å². The average molecular weight is 555 g/mol. The van der Waals surface area contributed by atoms with Crippen LogP contribution in [0.3, 0.4) is 0 Å². The van der Waals surface area contributed by atoms with E-state index in [1.54, 1.807) is 25.1 Å². The summed E-state index contributed by atoms with van der Waals surface area (Å²) in [6.45, 7) is 1.69. The highest BCUT2D eigenvalue weighted by molar-refractivity contribution is 6.42.